The summed E-state index contributed by atoms with van der Waals surface area (Å²) in [5.74, 6) is 0.927. The van der Waals surface area contributed by atoms with Gasteiger partial charge in [0.1, 0.15) is 11.6 Å². The molecule has 0 fully saturated rings. The number of nitrogens with two attached hydrogens (primary N) is 1. The predicted octanol–water partition coefficient (Wildman–Crippen LogP) is 1.11. The number of ether oxygens (including phenoxy) is 1. The summed E-state index contributed by atoms with van der Waals surface area (Å²) in [4.78, 5) is 6.51. The summed E-state index contributed by atoms with van der Waals surface area (Å²) in [7, 11) is -2.23. The first-order valence-electron chi connectivity index (χ1n) is 5.40. The predicted molar refractivity (Wildman–Crippen MR) is 71.5 cm³/mol. The van der Waals surface area contributed by atoms with Crippen LogP contribution in [0.4, 0.5) is 11.4 Å². The third-order valence-electron chi connectivity index (χ3n) is 2.45. The minimum Gasteiger partial charge on any atom is -0.495 e. The smallest absolute Gasteiger partial charge is 0.278 e. The van der Waals surface area contributed by atoms with Gasteiger partial charge in [0.15, 0.2) is 5.03 Å². The topological polar surface area (TPSA) is 110 Å². The Morgan fingerprint density at radius 1 is 1.42 bits per heavy atom. The fraction of sp³-hybridized carbons (Fsp3) is 0.182. The van der Waals surface area contributed by atoms with Gasteiger partial charge in [0.2, 0.25) is 0 Å². The highest BCUT2D eigenvalue weighted by atomic mass is 32.2. The third-order valence-corrected chi connectivity index (χ3v) is 3.75. The fourth-order valence-electron chi connectivity index (χ4n) is 1.52. The van der Waals surface area contributed by atoms with Crippen molar-refractivity contribution in [3.05, 3.63) is 30.2 Å². The number of sulfonamides is 1. The number of aromatic amines is 1. The second-order valence-electron chi connectivity index (χ2n) is 3.90. The van der Waals surface area contributed by atoms with E-state index in [1.165, 1.54) is 19.4 Å². The van der Waals surface area contributed by atoms with E-state index in [-0.39, 0.29) is 5.03 Å². The van der Waals surface area contributed by atoms with Crippen LogP contribution >= 0.6 is 0 Å². The maximum atomic E-state index is 12.0. The molecule has 0 amide bonds. The van der Waals surface area contributed by atoms with Gasteiger partial charge in [0, 0.05) is 6.07 Å². The number of rotatable bonds is 4. The molecular formula is C11H14N4O3S. The number of nitrogens with one attached hydrogen (secondary N) is 2. The van der Waals surface area contributed by atoms with Crippen LogP contribution in [-0.2, 0) is 10.0 Å². The summed E-state index contributed by atoms with van der Waals surface area (Å²) in [6, 6.07) is 4.63. The average molecular weight is 282 g/mol. The molecule has 0 aliphatic carbocycles. The minimum absolute atomic E-state index is 0.000733. The van der Waals surface area contributed by atoms with Crippen LogP contribution in [0.1, 0.15) is 5.82 Å². The molecule has 102 valence electrons. The van der Waals surface area contributed by atoms with Crippen molar-refractivity contribution in [3.63, 3.8) is 0 Å². The normalized spacial score (nSPS) is 11.3. The van der Waals surface area contributed by atoms with Crippen LogP contribution in [0.5, 0.6) is 5.75 Å². The number of nitrogens with zero attached hydrogens (tertiary/aromatic N) is 1. The zero-order chi connectivity index (χ0) is 14.0. The van der Waals surface area contributed by atoms with Crippen LogP contribution in [0.3, 0.4) is 0 Å². The molecule has 7 nitrogen and oxygen atoms in total. The highest BCUT2D eigenvalue weighted by Gasteiger charge is 2.17. The number of anilines is 2. The van der Waals surface area contributed by atoms with Gasteiger partial charge < -0.3 is 15.5 Å². The number of methoxy groups -OCH3 is 1. The van der Waals surface area contributed by atoms with Gasteiger partial charge in [-0.3, -0.25) is 4.72 Å². The van der Waals surface area contributed by atoms with Crippen molar-refractivity contribution in [2.24, 2.45) is 0 Å². The quantitative estimate of drug-likeness (QED) is 0.728. The molecule has 0 radical (unpaired) electrons. The van der Waals surface area contributed by atoms with Crippen LogP contribution in [0.2, 0.25) is 0 Å². The number of benzene rings is 1. The van der Waals surface area contributed by atoms with E-state index in [1.807, 2.05) is 0 Å². The molecule has 0 atom stereocenters. The van der Waals surface area contributed by atoms with E-state index in [9.17, 15) is 8.42 Å². The zero-order valence-electron chi connectivity index (χ0n) is 10.5. The number of aryl methyl sites for hydroxylation is 1. The van der Waals surface area contributed by atoms with E-state index in [1.54, 1.807) is 19.1 Å². The van der Waals surface area contributed by atoms with Gasteiger partial charge >= 0.3 is 0 Å². The van der Waals surface area contributed by atoms with Gasteiger partial charge in [-0.15, -0.1) is 0 Å². The summed E-state index contributed by atoms with van der Waals surface area (Å²) in [5, 5.41) is 0.000733. The molecule has 0 saturated carbocycles. The van der Waals surface area contributed by atoms with Gasteiger partial charge in [-0.1, -0.05) is 0 Å². The molecule has 1 aromatic heterocycles. The molecule has 0 aliphatic rings. The molecule has 0 bridgehead atoms. The van der Waals surface area contributed by atoms with Gasteiger partial charge in [-0.05, 0) is 19.1 Å². The maximum absolute atomic E-state index is 12.0. The number of nitrogen functional groups attached to an aromatic ring is 1. The van der Waals surface area contributed by atoms with Crippen molar-refractivity contribution in [2.45, 2.75) is 11.9 Å². The van der Waals surface area contributed by atoms with Gasteiger partial charge in [-0.2, -0.15) is 8.42 Å². The summed E-state index contributed by atoms with van der Waals surface area (Å²) in [6.45, 7) is 1.67. The van der Waals surface area contributed by atoms with Crippen LogP contribution in [0, 0.1) is 6.92 Å². The van der Waals surface area contributed by atoms with Crippen molar-refractivity contribution in [1.29, 1.82) is 0 Å². The molecule has 1 aromatic carbocycles. The highest BCUT2D eigenvalue weighted by Crippen LogP contribution is 2.26. The lowest BCUT2D eigenvalue weighted by Crippen LogP contribution is -2.13. The summed E-state index contributed by atoms with van der Waals surface area (Å²) < 4.78 is 31.5. The van der Waals surface area contributed by atoms with E-state index < -0.39 is 10.0 Å². The molecular weight excluding hydrogens is 268 g/mol. The second kappa shape index (κ2) is 4.81. The Balaban J connectivity index is 2.30. The highest BCUT2D eigenvalue weighted by molar-refractivity contribution is 7.92. The minimum atomic E-state index is -3.69. The molecule has 1 heterocycles. The number of imidazole rings is 1. The van der Waals surface area contributed by atoms with Crippen LogP contribution in [0.25, 0.3) is 0 Å². The van der Waals surface area contributed by atoms with E-state index in [2.05, 4.69) is 14.7 Å². The van der Waals surface area contributed by atoms with E-state index >= 15 is 0 Å². The van der Waals surface area contributed by atoms with Crippen molar-refractivity contribution < 1.29 is 13.2 Å². The van der Waals surface area contributed by atoms with E-state index in [0.717, 1.165) is 0 Å². The van der Waals surface area contributed by atoms with Crippen molar-refractivity contribution in [1.82, 2.24) is 9.97 Å². The van der Waals surface area contributed by atoms with Crippen LogP contribution < -0.4 is 15.2 Å². The first kappa shape index (κ1) is 13.2. The fourth-order valence-corrected chi connectivity index (χ4v) is 2.54. The lowest BCUT2D eigenvalue weighted by Gasteiger charge is -2.09. The Morgan fingerprint density at radius 3 is 2.74 bits per heavy atom. The second-order valence-corrected chi connectivity index (χ2v) is 5.55. The Labute approximate surface area is 110 Å². The van der Waals surface area contributed by atoms with Gasteiger partial charge in [0.25, 0.3) is 10.0 Å². The van der Waals surface area contributed by atoms with Crippen molar-refractivity contribution in [2.75, 3.05) is 17.6 Å². The summed E-state index contributed by atoms with van der Waals surface area (Å²) in [6.07, 6.45) is 1.26. The number of aromatic nitrogens is 2. The number of hydrogen-bond acceptors (Lipinski definition) is 5. The van der Waals surface area contributed by atoms with Gasteiger partial charge in [-0.25, -0.2) is 4.98 Å². The summed E-state index contributed by atoms with van der Waals surface area (Å²) >= 11 is 0. The molecule has 0 saturated heterocycles. The molecule has 0 spiro atoms. The first-order chi connectivity index (χ1) is 8.92. The Kier molecular flexibility index (Phi) is 3.34. The summed E-state index contributed by atoms with van der Waals surface area (Å²) in [5.41, 5.74) is 6.45. The van der Waals surface area contributed by atoms with Crippen LogP contribution in [0.15, 0.2) is 29.4 Å². The van der Waals surface area contributed by atoms with Crippen molar-refractivity contribution >= 4 is 21.4 Å². The molecule has 2 rings (SSSR count). The number of hydrogen-bond donors (Lipinski definition) is 3. The van der Waals surface area contributed by atoms with Gasteiger partial charge in [0.05, 0.1) is 24.7 Å². The largest absolute Gasteiger partial charge is 0.495 e. The Hall–Kier alpha value is -2.22. The molecule has 0 aliphatic heterocycles. The maximum Gasteiger partial charge on any atom is 0.278 e. The van der Waals surface area contributed by atoms with E-state index in [4.69, 9.17) is 10.5 Å². The average Bonchev–Trinajstić information content (AvgIpc) is 2.79. The standard InChI is InChI=1S/C11H14N4O3S/c1-7-13-6-11(14-7)19(16,17)15-8-3-4-9(12)10(5-8)18-2/h3-6,15H,12H2,1-2H3,(H,13,14). The monoisotopic (exact) mass is 282 g/mol. The third kappa shape index (κ3) is 2.79. The Morgan fingerprint density at radius 2 is 2.16 bits per heavy atom. The number of H-pyrrole nitrogens is 1. The Bertz CT molecular complexity index is 694. The van der Waals surface area contributed by atoms with Crippen molar-refractivity contribution in [3.8, 4) is 5.75 Å². The molecule has 4 N–H and O–H groups in total. The SMILES string of the molecule is COc1cc(NS(=O)(=O)c2cnc(C)[nH]2)ccc1N. The van der Waals surface area contributed by atoms with Crippen LogP contribution in [-0.4, -0.2) is 25.5 Å². The van der Waals surface area contributed by atoms with E-state index in [0.29, 0.717) is 22.9 Å². The molecule has 8 heteroatoms. The molecule has 2 aromatic rings. The lowest BCUT2D eigenvalue weighted by atomic mass is 10.3. The molecule has 0 unspecified atom stereocenters. The lowest BCUT2D eigenvalue weighted by molar-refractivity contribution is 0.417. The zero-order valence-corrected chi connectivity index (χ0v) is 11.3. The molecule has 19 heavy (non-hydrogen) atoms. The first-order valence-corrected chi connectivity index (χ1v) is 6.88.